The van der Waals surface area contributed by atoms with Crippen LogP contribution in [0.3, 0.4) is 0 Å². The Hall–Kier alpha value is -3.15. The molecule has 0 unspecified atom stereocenters. The molecule has 2 aromatic rings. The van der Waals surface area contributed by atoms with E-state index in [0.29, 0.717) is 17.9 Å². The van der Waals surface area contributed by atoms with E-state index in [1.807, 2.05) is 49.9 Å². The molecule has 1 heterocycles. The van der Waals surface area contributed by atoms with Crippen LogP contribution in [0, 0.1) is 26.7 Å². The number of nitrogens with one attached hydrogen (secondary N) is 2. The Kier molecular flexibility index (Phi) is 5.33. The summed E-state index contributed by atoms with van der Waals surface area (Å²) in [5.41, 5.74) is 6.06. The third-order valence-electron chi connectivity index (χ3n) is 5.78. The number of rotatable bonds is 3. The van der Waals surface area contributed by atoms with Gasteiger partial charge >= 0.3 is 11.8 Å². The first kappa shape index (κ1) is 20.1. The molecular weight excluding hydrogens is 378 g/mol. The van der Waals surface area contributed by atoms with Gasteiger partial charge in [-0.15, -0.1) is 0 Å². The first-order valence-corrected chi connectivity index (χ1v) is 10.5. The molecule has 2 aromatic carbocycles. The van der Waals surface area contributed by atoms with Gasteiger partial charge in [-0.3, -0.25) is 14.4 Å². The van der Waals surface area contributed by atoms with Crippen LogP contribution < -0.4 is 15.5 Å². The zero-order valence-corrected chi connectivity index (χ0v) is 17.7. The van der Waals surface area contributed by atoms with Gasteiger partial charge in [0.05, 0.1) is 0 Å². The zero-order valence-electron chi connectivity index (χ0n) is 17.7. The van der Waals surface area contributed by atoms with Crippen molar-refractivity contribution in [1.82, 2.24) is 0 Å². The lowest BCUT2D eigenvalue weighted by Gasteiger charge is -2.30. The minimum Gasteiger partial charge on any atom is -0.318 e. The van der Waals surface area contributed by atoms with Crippen molar-refractivity contribution in [3.8, 4) is 0 Å². The van der Waals surface area contributed by atoms with Crippen molar-refractivity contribution in [3.63, 3.8) is 0 Å². The van der Waals surface area contributed by atoms with E-state index in [0.717, 1.165) is 53.6 Å². The fourth-order valence-corrected chi connectivity index (χ4v) is 4.17. The van der Waals surface area contributed by atoms with E-state index in [2.05, 4.69) is 10.6 Å². The first-order valence-electron chi connectivity index (χ1n) is 10.5. The van der Waals surface area contributed by atoms with Gasteiger partial charge in [-0.25, -0.2) is 0 Å². The lowest BCUT2D eigenvalue weighted by molar-refractivity contribution is -0.133. The molecule has 6 heteroatoms. The molecule has 0 saturated heterocycles. The van der Waals surface area contributed by atoms with Crippen LogP contribution in [0.5, 0.6) is 0 Å². The summed E-state index contributed by atoms with van der Waals surface area (Å²) in [4.78, 5) is 39.5. The number of fused-ring (bicyclic) bond motifs is 1. The number of benzene rings is 2. The van der Waals surface area contributed by atoms with Crippen LogP contribution in [0.15, 0.2) is 30.3 Å². The minimum absolute atomic E-state index is 0.140. The van der Waals surface area contributed by atoms with Crippen LogP contribution in [0.4, 0.5) is 17.1 Å². The van der Waals surface area contributed by atoms with Crippen molar-refractivity contribution < 1.29 is 14.4 Å². The number of amides is 3. The van der Waals surface area contributed by atoms with E-state index >= 15 is 0 Å². The number of hydrogen-bond donors (Lipinski definition) is 2. The van der Waals surface area contributed by atoms with Gasteiger partial charge in [0.2, 0.25) is 5.91 Å². The summed E-state index contributed by atoms with van der Waals surface area (Å²) in [5, 5.41) is 5.40. The number of hydrogen-bond acceptors (Lipinski definition) is 3. The van der Waals surface area contributed by atoms with Crippen molar-refractivity contribution in [2.75, 3.05) is 22.1 Å². The monoisotopic (exact) mass is 405 g/mol. The fourth-order valence-electron chi connectivity index (χ4n) is 4.17. The molecular formula is C24H27N3O3. The summed E-state index contributed by atoms with van der Waals surface area (Å²) in [6.45, 7) is 6.50. The van der Waals surface area contributed by atoms with Crippen LogP contribution in [-0.2, 0) is 20.8 Å². The molecule has 1 aliphatic heterocycles. The second kappa shape index (κ2) is 7.94. The number of aryl methyl sites for hydroxylation is 4. The van der Waals surface area contributed by atoms with Crippen LogP contribution in [0.25, 0.3) is 0 Å². The maximum Gasteiger partial charge on any atom is 0.314 e. The van der Waals surface area contributed by atoms with Crippen molar-refractivity contribution >= 4 is 34.8 Å². The number of carbonyl (C=O) groups excluding carboxylic acids is 3. The molecule has 156 valence electrons. The van der Waals surface area contributed by atoms with Gasteiger partial charge in [-0.2, -0.15) is 0 Å². The van der Waals surface area contributed by atoms with E-state index in [-0.39, 0.29) is 11.8 Å². The Labute approximate surface area is 176 Å². The zero-order chi connectivity index (χ0) is 21.4. The summed E-state index contributed by atoms with van der Waals surface area (Å²) in [5.74, 6) is -1.14. The Morgan fingerprint density at radius 1 is 0.933 bits per heavy atom. The van der Waals surface area contributed by atoms with Gasteiger partial charge in [0, 0.05) is 29.5 Å². The predicted molar refractivity (Wildman–Crippen MR) is 118 cm³/mol. The van der Waals surface area contributed by atoms with Crippen LogP contribution in [-0.4, -0.2) is 24.3 Å². The first-order chi connectivity index (χ1) is 14.3. The SMILES string of the molecule is Cc1cc(C)c(NC(=O)C(=O)Nc2ccc3c(c2)N(C(=O)C2CC2)CCC3)c(C)c1. The molecule has 30 heavy (non-hydrogen) atoms. The Bertz CT molecular complexity index is 1020. The molecule has 1 aliphatic carbocycles. The molecule has 0 spiro atoms. The van der Waals surface area contributed by atoms with Crippen molar-refractivity contribution in [2.45, 2.75) is 46.5 Å². The van der Waals surface area contributed by atoms with Gasteiger partial charge in [0.25, 0.3) is 0 Å². The summed E-state index contributed by atoms with van der Waals surface area (Å²) in [7, 11) is 0. The molecule has 1 fully saturated rings. The van der Waals surface area contributed by atoms with Crippen molar-refractivity contribution in [2.24, 2.45) is 5.92 Å². The van der Waals surface area contributed by atoms with Crippen LogP contribution >= 0.6 is 0 Å². The molecule has 0 radical (unpaired) electrons. The predicted octanol–water partition coefficient (Wildman–Crippen LogP) is 3.88. The molecule has 0 atom stereocenters. The minimum atomic E-state index is -0.731. The number of anilines is 3. The van der Waals surface area contributed by atoms with Crippen molar-refractivity contribution in [3.05, 3.63) is 52.6 Å². The van der Waals surface area contributed by atoms with E-state index < -0.39 is 11.8 Å². The second-order valence-electron chi connectivity index (χ2n) is 8.39. The smallest absolute Gasteiger partial charge is 0.314 e. The highest BCUT2D eigenvalue weighted by Crippen LogP contribution is 2.37. The maximum atomic E-state index is 12.6. The molecule has 1 saturated carbocycles. The van der Waals surface area contributed by atoms with Gasteiger partial charge in [0.1, 0.15) is 0 Å². The molecule has 4 rings (SSSR count). The van der Waals surface area contributed by atoms with Gasteiger partial charge in [0.15, 0.2) is 0 Å². The molecule has 0 bridgehead atoms. The number of carbonyl (C=O) groups is 3. The Balaban J connectivity index is 1.49. The van der Waals surface area contributed by atoms with Gasteiger partial charge < -0.3 is 15.5 Å². The lowest BCUT2D eigenvalue weighted by Crippen LogP contribution is -2.36. The number of nitrogens with zero attached hydrogens (tertiary/aromatic N) is 1. The fraction of sp³-hybridized carbons (Fsp3) is 0.375. The molecule has 2 aliphatic rings. The average Bonchev–Trinajstić information content (AvgIpc) is 3.54. The van der Waals surface area contributed by atoms with Crippen LogP contribution in [0.1, 0.15) is 41.5 Å². The summed E-state index contributed by atoms with van der Waals surface area (Å²) in [6, 6.07) is 9.47. The molecule has 3 amide bonds. The third kappa shape index (κ3) is 4.08. The van der Waals surface area contributed by atoms with Crippen molar-refractivity contribution in [1.29, 1.82) is 0 Å². The molecule has 0 aromatic heterocycles. The maximum absolute atomic E-state index is 12.6. The van der Waals surface area contributed by atoms with E-state index in [9.17, 15) is 14.4 Å². The van der Waals surface area contributed by atoms with Crippen LogP contribution in [0.2, 0.25) is 0 Å². The summed E-state index contributed by atoms with van der Waals surface area (Å²) < 4.78 is 0. The lowest BCUT2D eigenvalue weighted by atomic mass is 10.0. The molecule has 2 N–H and O–H groups in total. The topological polar surface area (TPSA) is 78.5 Å². The Morgan fingerprint density at radius 2 is 1.60 bits per heavy atom. The van der Waals surface area contributed by atoms with Gasteiger partial charge in [-0.1, -0.05) is 23.8 Å². The quantitative estimate of drug-likeness (QED) is 0.761. The average molecular weight is 405 g/mol. The highest BCUT2D eigenvalue weighted by Gasteiger charge is 2.35. The second-order valence-corrected chi connectivity index (χ2v) is 8.39. The van der Waals surface area contributed by atoms with E-state index in [1.165, 1.54) is 0 Å². The molecule has 6 nitrogen and oxygen atoms in total. The normalized spacial score (nSPS) is 15.4. The van der Waals surface area contributed by atoms with E-state index in [1.54, 1.807) is 6.07 Å². The largest absolute Gasteiger partial charge is 0.318 e. The third-order valence-corrected chi connectivity index (χ3v) is 5.78. The highest BCUT2D eigenvalue weighted by atomic mass is 16.2. The summed E-state index contributed by atoms with van der Waals surface area (Å²) >= 11 is 0. The van der Waals surface area contributed by atoms with Gasteiger partial charge in [-0.05, 0) is 75.3 Å². The standard InChI is InChI=1S/C24H27N3O3/c1-14-11-15(2)21(16(3)12-14)26-23(29)22(28)25-19-9-8-17-5-4-10-27(20(17)13-19)24(30)18-6-7-18/h8-9,11-13,18H,4-7,10H2,1-3H3,(H,25,28)(H,26,29). The Morgan fingerprint density at radius 3 is 2.27 bits per heavy atom. The van der Waals surface area contributed by atoms with E-state index in [4.69, 9.17) is 0 Å². The summed E-state index contributed by atoms with van der Waals surface area (Å²) in [6.07, 6.45) is 3.76. The highest BCUT2D eigenvalue weighted by molar-refractivity contribution is 6.43.